The normalized spacial score (nSPS) is 22.4. The number of H-pyrrole nitrogens is 1. The van der Waals surface area contributed by atoms with Crippen molar-refractivity contribution >= 4 is 0 Å². The Morgan fingerprint density at radius 1 is 0.902 bits per heavy atom. The highest BCUT2D eigenvalue weighted by atomic mass is 19.1. The molecule has 0 bridgehead atoms. The number of nitrogens with one attached hydrogen (secondary N) is 1. The van der Waals surface area contributed by atoms with E-state index in [-0.39, 0.29) is 6.61 Å². The van der Waals surface area contributed by atoms with Crippen LogP contribution in [-0.4, -0.2) is 53.4 Å². The fraction of sp³-hybridized carbons (Fsp3) is 0.290. The van der Waals surface area contributed by atoms with Crippen molar-refractivity contribution < 1.29 is 28.4 Å². The Bertz CT molecular complexity index is 1540. The van der Waals surface area contributed by atoms with Gasteiger partial charge in [0, 0.05) is 12.3 Å². The van der Waals surface area contributed by atoms with Gasteiger partial charge < -0.3 is 24.1 Å². The average molecular weight is 563 g/mol. The molecule has 1 saturated heterocycles. The molecular weight excluding hydrogens is 531 g/mol. The molecule has 10 heteroatoms. The molecule has 0 saturated carbocycles. The van der Waals surface area contributed by atoms with Gasteiger partial charge in [-0.2, -0.15) is 0 Å². The number of halogens is 1. The number of hydrogen-bond donors (Lipinski definition) is 2. The molecule has 1 aliphatic heterocycles. The van der Waals surface area contributed by atoms with Gasteiger partial charge >= 0.3 is 5.69 Å². The molecule has 5 rings (SSSR count). The lowest BCUT2D eigenvalue weighted by Crippen LogP contribution is -2.44. The van der Waals surface area contributed by atoms with Crippen LogP contribution >= 0.6 is 0 Å². The van der Waals surface area contributed by atoms with Crippen molar-refractivity contribution in [2.24, 2.45) is 0 Å². The topological polar surface area (TPSA) is 112 Å². The van der Waals surface area contributed by atoms with E-state index in [1.165, 1.54) is 0 Å². The van der Waals surface area contributed by atoms with Gasteiger partial charge in [-0.1, -0.05) is 54.6 Å². The van der Waals surface area contributed by atoms with Crippen LogP contribution in [0.25, 0.3) is 0 Å². The first kappa shape index (κ1) is 28.3. The molecule has 41 heavy (non-hydrogen) atoms. The maximum absolute atomic E-state index is 15.9. The van der Waals surface area contributed by atoms with Gasteiger partial charge in [0.1, 0.15) is 29.3 Å². The Morgan fingerprint density at radius 2 is 1.44 bits per heavy atom. The Kier molecular flexibility index (Phi) is 7.81. The number of nitrogens with zero attached hydrogens (tertiary/aromatic N) is 1. The zero-order valence-electron chi connectivity index (χ0n) is 22.8. The molecule has 0 spiro atoms. The number of aromatic amines is 1. The van der Waals surface area contributed by atoms with E-state index in [1.807, 2.05) is 78.9 Å². The number of hydrogen-bond acceptors (Lipinski definition) is 7. The van der Waals surface area contributed by atoms with Crippen molar-refractivity contribution in [3.63, 3.8) is 0 Å². The van der Waals surface area contributed by atoms with Crippen LogP contribution in [0.2, 0.25) is 0 Å². The van der Waals surface area contributed by atoms with E-state index in [0.29, 0.717) is 11.5 Å². The molecule has 4 atom stereocenters. The monoisotopic (exact) mass is 562 g/mol. The Morgan fingerprint density at radius 3 is 1.95 bits per heavy atom. The van der Waals surface area contributed by atoms with Gasteiger partial charge in [-0.3, -0.25) is 14.3 Å². The third-order valence-corrected chi connectivity index (χ3v) is 7.46. The minimum Gasteiger partial charge on any atom is -0.497 e. The van der Waals surface area contributed by atoms with Crippen LogP contribution < -0.4 is 20.7 Å². The van der Waals surface area contributed by atoms with Crippen molar-refractivity contribution in [2.75, 3.05) is 20.8 Å². The molecule has 0 amide bonds. The summed E-state index contributed by atoms with van der Waals surface area (Å²) in [5, 5.41) is 11.0. The first-order chi connectivity index (χ1) is 19.7. The highest BCUT2D eigenvalue weighted by Crippen LogP contribution is 2.45. The summed E-state index contributed by atoms with van der Waals surface area (Å²) in [4.78, 5) is 26.1. The molecule has 214 valence electrons. The van der Waals surface area contributed by atoms with E-state index in [0.717, 1.165) is 40.4 Å². The van der Waals surface area contributed by atoms with E-state index < -0.39 is 41.0 Å². The second-order valence-electron chi connectivity index (χ2n) is 9.96. The van der Waals surface area contributed by atoms with E-state index in [9.17, 15) is 14.7 Å². The lowest BCUT2D eigenvalue weighted by molar-refractivity contribution is -0.0968. The summed E-state index contributed by atoms with van der Waals surface area (Å²) < 4.78 is 40.3. The highest BCUT2D eigenvalue weighted by Gasteiger charge is 2.56. The lowest BCUT2D eigenvalue weighted by Gasteiger charge is -2.37. The van der Waals surface area contributed by atoms with Gasteiger partial charge in [0.2, 0.25) is 0 Å². The molecule has 0 radical (unpaired) electrons. The molecule has 1 fully saturated rings. The largest absolute Gasteiger partial charge is 0.497 e. The van der Waals surface area contributed by atoms with Crippen molar-refractivity contribution in [2.45, 2.75) is 36.6 Å². The minimum absolute atomic E-state index is 0.248. The number of rotatable bonds is 9. The maximum atomic E-state index is 15.9. The second-order valence-corrected chi connectivity index (χ2v) is 9.96. The fourth-order valence-electron chi connectivity index (χ4n) is 5.24. The first-order valence-corrected chi connectivity index (χ1v) is 13.0. The number of aromatic nitrogens is 2. The predicted octanol–water partition coefficient (Wildman–Crippen LogP) is 3.55. The fourth-order valence-corrected chi connectivity index (χ4v) is 5.24. The van der Waals surface area contributed by atoms with Gasteiger partial charge in [-0.15, -0.1) is 0 Å². The lowest BCUT2D eigenvalue weighted by atomic mass is 9.80. The molecule has 4 aromatic rings. The summed E-state index contributed by atoms with van der Waals surface area (Å²) in [6.45, 7) is 0.902. The van der Waals surface area contributed by atoms with E-state index in [2.05, 4.69) is 4.98 Å². The Hall–Kier alpha value is -4.25. The van der Waals surface area contributed by atoms with E-state index in [4.69, 9.17) is 18.9 Å². The van der Waals surface area contributed by atoms with Gasteiger partial charge in [0.25, 0.3) is 5.56 Å². The summed E-state index contributed by atoms with van der Waals surface area (Å²) >= 11 is 0. The quantitative estimate of drug-likeness (QED) is 0.300. The Balaban J connectivity index is 1.58. The van der Waals surface area contributed by atoms with Gasteiger partial charge in [0.15, 0.2) is 11.9 Å². The molecule has 0 aliphatic carbocycles. The van der Waals surface area contributed by atoms with Gasteiger partial charge in [-0.05, 0) is 47.9 Å². The number of ether oxygens (including phenoxy) is 4. The highest BCUT2D eigenvalue weighted by molar-refractivity contribution is 5.49. The van der Waals surface area contributed by atoms with Crippen molar-refractivity contribution in [1.29, 1.82) is 0 Å². The molecule has 9 nitrogen and oxygen atoms in total. The third kappa shape index (κ3) is 5.17. The molecule has 0 unspecified atom stereocenters. The van der Waals surface area contributed by atoms with Crippen LogP contribution in [0.15, 0.2) is 101 Å². The smallest absolute Gasteiger partial charge is 0.330 e. The second kappa shape index (κ2) is 11.3. The van der Waals surface area contributed by atoms with E-state index in [1.54, 1.807) is 14.2 Å². The minimum atomic E-state index is -2.37. The molecule has 2 N–H and O–H groups in total. The number of methoxy groups -OCH3 is 2. The number of aliphatic hydroxyl groups is 1. The standard InChI is InChI=1S/C31H31FN2O7/c1-30(32)27(36)25(41-28(30)34-18-17-26(35)33-29(34)37)19-40-31(20-7-5-4-6-8-20,21-9-13-23(38-2)14-10-21)22-11-15-24(39-3)16-12-22/h4-18,25,27-28,36H,19H2,1-3H3,(H,33,35,37)/t25-,27-,28-,30-/m1/s1. The summed E-state index contributed by atoms with van der Waals surface area (Å²) in [6, 6.07) is 25.4. The van der Waals surface area contributed by atoms with Crippen molar-refractivity contribution in [1.82, 2.24) is 9.55 Å². The summed E-state index contributed by atoms with van der Waals surface area (Å²) in [5.74, 6) is 1.31. The number of aliphatic hydroxyl groups excluding tert-OH is 1. The zero-order chi connectivity index (χ0) is 29.2. The third-order valence-electron chi connectivity index (χ3n) is 7.46. The molecule has 1 aliphatic rings. The van der Waals surface area contributed by atoms with Crippen molar-refractivity contribution in [3.05, 3.63) is 129 Å². The summed E-state index contributed by atoms with van der Waals surface area (Å²) in [5.41, 5.74) is -2.79. The average Bonchev–Trinajstić information content (AvgIpc) is 3.22. The van der Waals surface area contributed by atoms with Crippen LogP contribution in [0.5, 0.6) is 11.5 Å². The number of alkyl halides is 1. The maximum Gasteiger partial charge on any atom is 0.330 e. The first-order valence-electron chi connectivity index (χ1n) is 13.0. The molecular formula is C31H31FN2O7. The summed E-state index contributed by atoms with van der Waals surface area (Å²) in [6.07, 6.45) is -3.16. The summed E-state index contributed by atoms with van der Waals surface area (Å²) in [7, 11) is 3.16. The van der Waals surface area contributed by atoms with Crippen LogP contribution in [0, 0.1) is 0 Å². The van der Waals surface area contributed by atoms with Crippen LogP contribution in [-0.2, 0) is 15.1 Å². The SMILES string of the molecule is COc1ccc(C(OC[C@H]2O[C@@H](n3ccc(=O)[nH]c3=O)[C@](C)(F)[C@@H]2O)(c2ccccc2)c2ccc(OC)cc2)cc1. The van der Waals surface area contributed by atoms with Crippen molar-refractivity contribution in [3.8, 4) is 11.5 Å². The predicted molar refractivity (Wildman–Crippen MR) is 149 cm³/mol. The molecule has 3 aromatic carbocycles. The zero-order valence-corrected chi connectivity index (χ0v) is 22.8. The Labute approximate surface area is 235 Å². The van der Waals surface area contributed by atoms with Gasteiger partial charge in [0.05, 0.1) is 20.8 Å². The number of benzene rings is 3. The van der Waals surface area contributed by atoms with E-state index >= 15 is 4.39 Å². The van der Waals surface area contributed by atoms with Crippen LogP contribution in [0.3, 0.4) is 0 Å². The van der Waals surface area contributed by atoms with Crippen LogP contribution in [0.1, 0.15) is 29.8 Å². The molecule has 2 heterocycles. The molecule has 1 aromatic heterocycles. The van der Waals surface area contributed by atoms with Crippen LogP contribution in [0.4, 0.5) is 4.39 Å². The van der Waals surface area contributed by atoms with Gasteiger partial charge in [-0.25, -0.2) is 9.18 Å².